The van der Waals surface area contributed by atoms with Crippen LogP contribution < -0.4 is 0 Å². The number of rotatable bonds is 0. The summed E-state index contributed by atoms with van der Waals surface area (Å²) in [6, 6.07) is 0. The molecule has 0 amide bonds. The molecule has 2 atom stereocenters. The Balaban J connectivity index is 2.33. The zero-order valence-corrected chi connectivity index (χ0v) is 5.24. The molecule has 2 heteroatoms. The van der Waals surface area contributed by atoms with Gasteiger partial charge in [0.1, 0.15) is 0 Å². The van der Waals surface area contributed by atoms with Crippen molar-refractivity contribution in [2.75, 3.05) is 5.75 Å². The van der Waals surface area contributed by atoms with E-state index in [0.29, 0.717) is 5.25 Å². The Hall–Kier alpha value is 0.310. The number of hydrogen-bond donors (Lipinski definition) is 1. The Morgan fingerprint density at radius 3 is 2.57 bits per heavy atom. The Kier molecular flexibility index (Phi) is 1.60. The molecule has 0 aromatic carbocycles. The normalized spacial score (nSPS) is 42.0. The van der Waals surface area contributed by atoms with Gasteiger partial charge in [0.15, 0.2) is 0 Å². The molecule has 0 spiro atoms. The second kappa shape index (κ2) is 2.05. The van der Waals surface area contributed by atoms with E-state index in [0.717, 1.165) is 12.2 Å². The second-order valence-corrected chi connectivity index (χ2v) is 3.42. The first-order valence-electron chi connectivity index (χ1n) is 2.60. The third kappa shape index (κ3) is 1.10. The highest BCUT2D eigenvalue weighted by molar-refractivity contribution is 8.00. The first-order chi connectivity index (χ1) is 3.30. The number of thioether (sulfide) groups is 1. The van der Waals surface area contributed by atoms with Gasteiger partial charge in [-0.3, -0.25) is 0 Å². The van der Waals surface area contributed by atoms with Gasteiger partial charge >= 0.3 is 0 Å². The van der Waals surface area contributed by atoms with Crippen molar-refractivity contribution in [3.05, 3.63) is 0 Å². The van der Waals surface area contributed by atoms with E-state index in [9.17, 15) is 0 Å². The average molecular weight is 118 g/mol. The largest absolute Gasteiger partial charge is 0.392 e. The summed E-state index contributed by atoms with van der Waals surface area (Å²) in [6.45, 7) is 2.07. The molecule has 42 valence electrons. The predicted octanol–water partition coefficient (Wildman–Crippen LogP) is 0.873. The van der Waals surface area contributed by atoms with Gasteiger partial charge in [0.2, 0.25) is 0 Å². The molecule has 0 aromatic heterocycles. The van der Waals surface area contributed by atoms with Gasteiger partial charge in [-0.25, -0.2) is 0 Å². The van der Waals surface area contributed by atoms with Crippen molar-refractivity contribution in [3.8, 4) is 0 Å². The van der Waals surface area contributed by atoms with Crippen molar-refractivity contribution in [1.82, 2.24) is 0 Å². The zero-order valence-electron chi connectivity index (χ0n) is 4.42. The smallest absolute Gasteiger partial charge is 0.0663 e. The van der Waals surface area contributed by atoms with Crippen molar-refractivity contribution < 1.29 is 5.11 Å². The van der Waals surface area contributed by atoms with Gasteiger partial charge in [0.25, 0.3) is 0 Å². The third-order valence-electron chi connectivity index (χ3n) is 1.34. The molecule has 0 unspecified atom stereocenters. The minimum Gasteiger partial charge on any atom is -0.392 e. The van der Waals surface area contributed by atoms with E-state index >= 15 is 0 Å². The summed E-state index contributed by atoms with van der Waals surface area (Å²) in [5.41, 5.74) is 0. The lowest BCUT2D eigenvalue weighted by Crippen LogP contribution is -2.11. The van der Waals surface area contributed by atoms with Crippen LogP contribution in [0.15, 0.2) is 0 Å². The van der Waals surface area contributed by atoms with Gasteiger partial charge in [0.05, 0.1) is 6.10 Å². The fourth-order valence-corrected chi connectivity index (χ4v) is 1.83. The minimum atomic E-state index is -0.0231. The van der Waals surface area contributed by atoms with E-state index in [2.05, 4.69) is 6.92 Å². The Bertz CT molecular complexity index is 57.1. The van der Waals surface area contributed by atoms with E-state index in [1.165, 1.54) is 0 Å². The van der Waals surface area contributed by atoms with Crippen molar-refractivity contribution in [2.24, 2.45) is 0 Å². The van der Waals surface area contributed by atoms with Gasteiger partial charge in [0, 0.05) is 5.25 Å². The quantitative estimate of drug-likeness (QED) is 0.509. The summed E-state index contributed by atoms with van der Waals surface area (Å²) >= 11 is 1.86. The van der Waals surface area contributed by atoms with Gasteiger partial charge in [-0.1, -0.05) is 6.92 Å². The molecule has 1 aliphatic rings. The molecular weight excluding hydrogens is 108 g/mol. The van der Waals surface area contributed by atoms with Crippen LogP contribution in [0.5, 0.6) is 0 Å². The standard InChI is InChI=1S/C5H10OS/c1-4-5(6)2-3-7-4/h4-6H,2-3H2,1H3/t4-,5+/m0/s1. The van der Waals surface area contributed by atoms with Crippen molar-refractivity contribution in [2.45, 2.75) is 24.7 Å². The number of aliphatic hydroxyl groups excluding tert-OH is 1. The van der Waals surface area contributed by atoms with Crippen LogP contribution in [0.2, 0.25) is 0 Å². The van der Waals surface area contributed by atoms with Gasteiger partial charge in [-0.15, -0.1) is 0 Å². The average Bonchev–Trinajstić information content (AvgIpc) is 1.91. The second-order valence-electron chi connectivity index (χ2n) is 1.93. The van der Waals surface area contributed by atoms with Crippen LogP contribution in [0.25, 0.3) is 0 Å². The van der Waals surface area contributed by atoms with E-state index in [4.69, 9.17) is 5.11 Å². The van der Waals surface area contributed by atoms with E-state index in [1.54, 1.807) is 0 Å². The summed E-state index contributed by atoms with van der Waals surface area (Å²) in [6.07, 6.45) is 0.969. The molecule has 1 nitrogen and oxygen atoms in total. The first-order valence-corrected chi connectivity index (χ1v) is 3.65. The summed E-state index contributed by atoms with van der Waals surface area (Å²) in [5, 5.41) is 9.46. The van der Waals surface area contributed by atoms with E-state index in [1.807, 2.05) is 11.8 Å². The van der Waals surface area contributed by atoms with Crippen LogP contribution in [-0.2, 0) is 0 Å². The van der Waals surface area contributed by atoms with Gasteiger partial charge in [-0.05, 0) is 12.2 Å². The van der Waals surface area contributed by atoms with Crippen LogP contribution in [0.1, 0.15) is 13.3 Å². The summed E-state index contributed by atoms with van der Waals surface area (Å²) in [7, 11) is 0. The summed E-state index contributed by atoms with van der Waals surface area (Å²) in [4.78, 5) is 0. The third-order valence-corrected chi connectivity index (χ3v) is 2.65. The monoisotopic (exact) mass is 118 g/mol. The summed E-state index contributed by atoms with van der Waals surface area (Å²) in [5.74, 6) is 1.14. The maximum absolute atomic E-state index is 8.98. The number of aliphatic hydroxyl groups is 1. The van der Waals surface area contributed by atoms with Gasteiger partial charge < -0.3 is 5.11 Å². The predicted molar refractivity (Wildman–Crippen MR) is 32.5 cm³/mol. The summed E-state index contributed by atoms with van der Waals surface area (Å²) < 4.78 is 0. The Morgan fingerprint density at radius 1 is 1.71 bits per heavy atom. The highest BCUT2D eigenvalue weighted by Crippen LogP contribution is 2.25. The maximum Gasteiger partial charge on any atom is 0.0663 e. The first kappa shape index (κ1) is 5.45. The molecule has 0 saturated carbocycles. The van der Waals surface area contributed by atoms with Crippen LogP contribution >= 0.6 is 11.8 Å². The molecular formula is C5H10OS. The van der Waals surface area contributed by atoms with E-state index < -0.39 is 0 Å². The molecule has 1 heterocycles. The minimum absolute atomic E-state index is 0.0231. The molecule has 0 radical (unpaired) electrons. The molecule has 1 saturated heterocycles. The molecule has 0 aromatic rings. The lowest BCUT2D eigenvalue weighted by atomic mass is 10.2. The highest BCUT2D eigenvalue weighted by Gasteiger charge is 2.20. The molecule has 0 aliphatic carbocycles. The number of hydrogen-bond acceptors (Lipinski definition) is 2. The molecule has 1 fully saturated rings. The SMILES string of the molecule is C[C@@H]1SCC[C@H]1O. The fraction of sp³-hybridized carbons (Fsp3) is 1.00. The van der Waals surface area contributed by atoms with Gasteiger partial charge in [-0.2, -0.15) is 11.8 Å². The van der Waals surface area contributed by atoms with Crippen molar-refractivity contribution >= 4 is 11.8 Å². The van der Waals surface area contributed by atoms with Crippen molar-refractivity contribution in [3.63, 3.8) is 0 Å². The highest BCUT2D eigenvalue weighted by atomic mass is 32.2. The lowest BCUT2D eigenvalue weighted by molar-refractivity contribution is 0.180. The molecule has 7 heavy (non-hydrogen) atoms. The van der Waals surface area contributed by atoms with Crippen LogP contribution in [-0.4, -0.2) is 22.2 Å². The van der Waals surface area contributed by atoms with Crippen molar-refractivity contribution in [1.29, 1.82) is 0 Å². The topological polar surface area (TPSA) is 20.2 Å². The Morgan fingerprint density at radius 2 is 2.43 bits per heavy atom. The maximum atomic E-state index is 8.98. The molecule has 1 N–H and O–H groups in total. The van der Waals surface area contributed by atoms with Crippen LogP contribution in [0.3, 0.4) is 0 Å². The molecule has 0 bridgehead atoms. The molecule has 1 rings (SSSR count). The van der Waals surface area contributed by atoms with Crippen LogP contribution in [0.4, 0.5) is 0 Å². The Labute approximate surface area is 48.1 Å². The molecule has 1 aliphatic heterocycles. The van der Waals surface area contributed by atoms with E-state index in [-0.39, 0.29) is 6.10 Å². The lowest BCUT2D eigenvalue weighted by Gasteiger charge is -2.03. The zero-order chi connectivity index (χ0) is 5.28. The fourth-order valence-electron chi connectivity index (χ4n) is 0.720. The van der Waals surface area contributed by atoms with Crippen LogP contribution in [0, 0.1) is 0 Å².